The smallest absolute Gasteiger partial charge is 0.281 e. The Morgan fingerprint density at radius 2 is 1.86 bits per heavy atom. The number of hydrogen-bond donors (Lipinski definition) is 1. The van der Waals surface area contributed by atoms with Gasteiger partial charge in [0.25, 0.3) is 5.91 Å². The maximum Gasteiger partial charge on any atom is 0.281 e. The molecule has 72 valence electrons. The zero-order chi connectivity index (χ0) is 10.3. The molecule has 0 aromatic rings. The van der Waals surface area contributed by atoms with Gasteiger partial charge in [-0.1, -0.05) is 0 Å². The molecule has 2 heterocycles. The highest BCUT2D eigenvalue weighted by atomic mass is 16.1. The van der Waals surface area contributed by atoms with Crippen molar-refractivity contribution in [2.75, 3.05) is 0 Å². The summed E-state index contributed by atoms with van der Waals surface area (Å²) in [4.78, 5) is 27.0. The van der Waals surface area contributed by atoms with E-state index in [0.29, 0.717) is 5.84 Å². The van der Waals surface area contributed by atoms with Gasteiger partial charge in [-0.05, 0) is 13.8 Å². The number of hydrogen-bond acceptors (Lipinski definition) is 5. The fraction of sp³-hybridized carbons (Fsp3) is 0.375. The Morgan fingerprint density at radius 3 is 2.57 bits per heavy atom. The average Bonchev–Trinajstić information content (AvgIpc) is 2.08. The van der Waals surface area contributed by atoms with Crippen molar-refractivity contribution in [3.05, 3.63) is 0 Å². The molecule has 2 aliphatic rings. The SMILES string of the molecule is CC1=NC2=NC(N)=NC(=O)C2N=C1C. The molecule has 0 saturated heterocycles. The van der Waals surface area contributed by atoms with Crippen LogP contribution in [0.4, 0.5) is 0 Å². The molecule has 0 aromatic carbocycles. The van der Waals surface area contributed by atoms with Crippen molar-refractivity contribution in [2.45, 2.75) is 19.9 Å². The van der Waals surface area contributed by atoms with E-state index >= 15 is 0 Å². The van der Waals surface area contributed by atoms with E-state index in [0.717, 1.165) is 11.4 Å². The molecule has 14 heavy (non-hydrogen) atoms. The number of carbonyl (C=O) groups excluding carboxylic acids is 1. The van der Waals surface area contributed by atoms with E-state index in [1.54, 1.807) is 6.92 Å². The first-order valence-corrected chi connectivity index (χ1v) is 4.14. The van der Waals surface area contributed by atoms with Gasteiger partial charge in [0.15, 0.2) is 11.9 Å². The minimum absolute atomic E-state index is 0.0486. The summed E-state index contributed by atoms with van der Waals surface area (Å²) < 4.78 is 0. The molecule has 0 fully saturated rings. The number of rotatable bonds is 0. The molecule has 1 unspecified atom stereocenters. The van der Waals surface area contributed by atoms with Gasteiger partial charge >= 0.3 is 0 Å². The Kier molecular flexibility index (Phi) is 1.77. The van der Waals surface area contributed by atoms with Crippen LogP contribution >= 0.6 is 0 Å². The largest absolute Gasteiger partial charge is 0.368 e. The third-order valence-corrected chi connectivity index (χ3v) is 2.06. The second-order valence-electron chi connectivity index (χ2n) is 3.09. The molecule has 2 rings (SSSR count). The number of nitrogens with zero attached hydrogens (tertiary/aromatic N) is 4. The van der Waals surface area contributed by atoms with Gasteiger partial charge in [0.05, 0.1) is 11.4 Å². The van der Waals surface area contributed by atoms with Crippen molar-refractivity contribution < 1.29 is 4.79 Å². The van der Waals surface area contributed by atoms with E-state index in [9.17, 15) is 4.79 Å². The number of amides is 1. The molecule has 0 bridgehead atoms. The Labute approximate surface area is 80.4 Å². The number of fused-ring (bicyclic) bond motifs is 1. The highest BCUT2D eigenvalue weighted by molar-refractivity contribution is 6.45. The number of amidine groups is 1. The van der Waals surface area contributed by atoms with Crippen molar-refractivity contribution >= 4 is 29.1 Å². The summed E-state index contributed by atoms with van der Waals surface area (Å²) >= 11 is 0. The van der Waals surface area contributed by atoms with Crippen LogP contribution in [0.5, 0.6) is 0 Å². The second kappa shape index (κ2) is 2.83. The van der Waals surface area contributed by atoms with Crippen LogP contribution in [0.15, 0.2) is 20.0 Å². The van der Waals surface area contributed by atoms with Crippen molar-refractivity contribution in [1.29, 1.82) is 0 Å². The summed E-state index contributed by atoms with van der Waals surface area (Å²) in [7, 11) is 0. The van der Waals surface area contributed by atoms with E-state index in [1.165, 1.54) is 0 Å². The monoisotopic (exact) mass is 191 g/mol. The van der Waals surface area contributed by atoms with Crippen LogP contribution < -0.4 is 5.73 Å². The molecule has 0 saturated carbocycles. The molecule has 1 amide bonds. The van der Waals surface area contributed by atoms with Crippen LogP contribution in [-0.4, -0.2) is 35.2 Å². The fourth-order valence-electron chi connectivity index (χ4n) is 1.23. The maximum absolute atomic E-state index is 11.4. The summed E-state index contributed by atoms with van der Waals surface area (Å²) in [6.45, 7) is 3.61. The van der Waals surface area contributed by atoms with Crippen molar-refractivity contribution in [1.82, 2.24) is 0 Å². The standard InChI is InChI=1S/C8H9N5O/c1-3-4(2)11-6-5(10-3)7(14)13-8(9)12-6/h5H,1-2H3,(H2,9,13,14). The summed E-state index contributed by atoms with van der Waals surface area (Å²) in [6, 6.07) is -0.689. The summed E-state index contributed by atoms with van der Waals surface area (Å²) in [5, 5.41) is 0. The van der Waals surface area contributed by atoms with Gasteiger partial charge in [-0.3, -0.25) is 9.79 Å². The van der Waals surface area contributed by atoms with Gasteiger partial charge in [0, 0.05) is 0 Å². The second-order valence-corrected chi connectivity index (χ2v) is 3.09. The zero-order valence-corrected chi connectivity index (χ0v) is 7.85. The van der Waals surface area contributed by atoms with Crippen molar-refractivity contribution in [3.63, 3.8) is 0 Å². The molecular formula is C8H9N5O. The minimum atomic E-state index is -0.689. The average molecular weight is 191 g/mol. The van der Waals surface area contributed by atoms with Crippen molar-refractivity contribution in [2.24, 2.45) is 25.7 Å². The number of aliphatic imine (C=N–C) groups is 4. The number of guanidine groups is 1. The Balaban J connectivity index is 2.49. The Hall–Kier alpha value is -1.85. The summed E-state index contributed by atoms with van der Waals surface area (Å²) in [5.74, 6) is -0.110. The lowest BCUT2D eigenvalue weighted by Gasteiger charge is -2.18. The summed E-state index contributed by atoms with van der Waals surface area (Å²) in [6.07, 6.45) is 0. The normalized spacial score (nSPS) is 25.9. The van der Waals surface area contributed by atoms with E-state index in [1.807, 2.05) is 6.92 Å². The van der Waals surface area contributed by atoms with Gasteiger partial charge < -0.3 is 5.73 Å². The fourth-order valence-corrected chi connectivity index (χ4v) is 1.23. The minimum Gasteiger partial charge on any atom is -0.368 e. The molecule has 1 atom stereocenters. The number of nitrogens with two attached hydrogens (primary N) is 1. The predicted octanol–water partition coefficient (Wildman–Crippen LogP) is -0.456. The van der Waals surface area contributed by atoms with Crippen LogP contribution in [0, 0.1) is 0 Å². The number of carbonyl (C=O) groups is 1. The van der Waals surface area contributed by atoms with E-state index in [4.69, 9.17) is 5.73 Å². The topological polar surface area (TPSA) is 92.5 Å². The molecule has 6 nitrogen and oxygen atoms in total. The highest BCUT2D eigenvalue weighted by Crippen LogP contribution is 2.11. The van der Waals surface area contributed by atoms with Gasteiger partial charge in [-0.2, -0.15) is 9.98 Å². The first kappa shape index (κ1) is 8.74. The lowest BCUT2D eigenvalue weighted by molar-refractivity contribution is -0.117. The van der Waals surface area contributed by atoms with Crippen LogP contribution in [0.2, 0.25) is 0 Å². The van der Waals surface area contributed by atoms with Gasteiger partial charge in [-0.15, -0.1) is 0 Å². The highest BCUT2D eigenvalue weighted by Gasteiger charge is 2.30. The van der Waals surface area contributed by atoms with Gasteiger partial charge in [-0.25, -0.2) is 4.99 Å². The van der Waals surface area contributed by atoms with E-state index in [-0.39, 0.29) is 5.96 Å². The molecular weight excluding hydrogens is 182 g/mol. The van der Waals surface area contributed by atoms with Crippen LogP contribution in [0.3, 0.4) is 0 Å². The molecule has 2 N–H and O–H groups in total. The lowest BCUT2D eigenvalue weighted by atomic mass is 10.1. The molecule has 0 aromatic heterocycles. The van der Waals surface area contributed by atoms with E-state index < -0.39 is 11.9 Å². The third kappa shape index (κ3) is 1.24. The molecule has 0 radical (unpaired) electrons. The molecule has 6 heteroatoms. The van der Waals surface area contributed by atoms with Crippen LogP contribution in [0.25, 0.3) is 0 Å². The van der Waals surface area contributed by atoms with Crippen LogP contribution in [0.1, 0.15) is 13.8 Å². The summed E-state index contributed by atoms with van der Waals surface area (Å²) in [5.41, 5.74) is 6.82. The molecule has 0 spiro atoms. The van der Waals surface area contributed by atoms with Gasteiger partial charge in [0.2, 0.25) is 5.96 Å². The van der Waals surface area contributed by atoms with Crippen LogP contribution in [-0.2, 0) is 4.79 Å². The Bertz CT molecular complexity index is 429. The lowest BCUT2D eigenvalue weighted by Crippen LogP contribution is -2.38. The first-order valence-electron chi connectivity index (χ1n) is 4.14. The Morgan fingerprint density at radius 1 is 1.14 bits per heavy atom. The predicted molar refractivity (Wildman–Crippen MR) is 54.1 cm³/mol. The van der Waals surface area contributed by atoms with E-state index in [2.05, 4.69) is 20.0 Å². The first-order chi connectivity index (χ1) is 6.58. The maximum atomic E-state index is 11.4. The van der Waals surface area contributed by atoms with Gasteiger partial charge in [0.1, 0.15) is 0 Å². The molecule has 2 aliphatic heterocycles. The zero-order valence-electron chi connectivity index (χ0n) is 7.85. The molecule has 0 aliphatic carbocycles. The van der Waals surface area contributed by atoms with Crippen molar-refractivity contribution in [3.8, 4) is 0 Å². The quantitative estimate of drug-likeness (QED) is 0.561. The third-order valence-electron chi connectivity index (χ3n) is 2.06.